The van der Waals surface area contributed by atoms with Crippen LogP contribution in [0.3, 0.4) is 0 Å². The minimum atomic E-state index is -0.149. The number of carbonyl (C=O) groups is 1. The minimum Gasteiger partial charge on any atom is -0.507 e. The number of ketones is 1. The van der Waals surface area contributed by atoms with Crippen molar-refractivity contribution >= 4 is 11.9 Å². The van der Waals surface area contributed by atoms with Gasteiger partial charge >= 0.3 is 0 Å². The number of ether oxygens (including phenoxy) is 2. The number of benzene rings is 2. The van der Waals surface area contributed by atoms with Gasteiger partial charge < -0.3 is 14.6 Å². The number of hydrogen-bond donors (Lipinski definition) is 1. The summed E-state index contributed by atoms with van der Waals surface area (Å²) in [5.74, 6) is 1.19. The molecule has 0 saturated heterocycles. The highest BCUT2D eigenvalue weighted by Crippen LogP contribution is 2.25. The van der Waals surface area contributed by atoms with Gasteiger partial charge in [-0.2, -0.15) is 0 Å². The fraction of sp³-hybridized carbons (Fsp3) is 0.190. The Morgan fingerprint density at radius 2 is 1.84 bits per heavy atom. The highest BCUT2D eigenvalue weighted by molar-refractivity contribution is 6.07. The van der Waals surface area contributed by atoms with Gasteiger partial charge in [-0.05, 0) is 55.5 Å². The van der Waals surface area contributed by atoms with E-state index in [4.69, 9.17) is 9.47 Å². The zero-order valence-corrected chi connectivity index (χ0v) is 14.5. The molecule has 25 heavy (non-hydrogen) atoms. The van der Waals surface area contributed by atoms with Crippen molar-refractivity contribution in [3.05, 3.63) is 71.8 Å². The third kappa shape index (κ3) is 5.53. The van der Waals surface area contributed by atoms with Gasteiger partial charge in [0.25, 0.3) is 0 Å². The van der Waals surface area contributed by atoms with Gasteiger partial charge in [-0.15, -0.1) is 6.58 Å². The first-order valence-corrected chi connectivity index (χ1v) is 7.96. The summed E-state index contributed by atoms with van der Waals surface area (Å²) < 4.78 is 10.6. The van der Waals surface area contributed by atoms with Gasteiger partial charge in [0.05, 0.1) is 13.7 Å². The molecule has 0 heterocycles. The Kier molecular flexibility index (Phi) is 6.40. The normalized spacial score (nSPS) is 10.6. The van der Waals surface area contributed by atoms with Gasteiger partial charge in [0.2, 0.25) is 0 Å². The van der Waals surface area contributed by atoms with Crippen molar-refractivity contribution in [3.63, 3.8) is 0 Å². The summed E-state index contributed by atoms with van der Waals surface area (Å²) in [5.41, 5.74) is 2.14. The van der Waals surface area contributed by atoms with Gasteiger partial charge in [-0.3, -0.25) is 4.79 Å². The van der Waals surface area contributed by atoms with Crippen LogP contribution in [0.25, 0.3) is 6.08 Å². The number of aromatic hydroxyl groups is 1. The summed E-state index contributed by atoms with van der Waals surface area (Å²) in [6, 6.07) is 11.9. The van der Waals surface area contributed by atoms with Gasteiger partial charge in [0.1, 0.15) is 17.2 Å². The Morgan fingerprint density at radius 3 is 2.44 bits per heavy atom. The highest BCUT2D eigenvalue weighted by Gasteiger charge is 2.04. The van der Waals surface area contributed by atoms with E-state index in [1.165, 1.54) is 12.1 Å². The lowest BCUT2D eigenvalue weighted by Crippen LogP contribution is -1.97. The molecule has 0 aliphatic carbocycles. The van der Waals surface area contributed by atoms with Crippen LogP contribution < -0.4 is 9.47 Å². The SMILES string of the molecule is C=C(C)CCOc1ccc(/C=C/C(=O)c2ccc(OC)cc2)c(O)c1. The van der Waals surface area contributed by atoms with Crippen LogP contribution in [-0.2, 0) is 0 Å². The van der Waals surface area contributed by atoms with Crippen molar-refractivity contribution in [2.45, 2.75) is 13.3 Å². The molecule has 4 heteroatoms. The van der Waals surface area contributed by atoms with Crippen LogP contribution >= 0.6 is 0 Å². The van der Waals surface area contributed by atoms with Gasteiger partial charge in [0, 0.05) is 23.6 Å². The number of phenols is 1. The van der Waals surface area contributed by atoms with Crippen LogP contribution in [0.5, 0.6) is 17.2 Å². The smallest absolute Gasteiger partial charge is 0.185 e. The van der Waals surface area contributed by atoms with E-state index in [1.54, 1.807) is 49.6 Å². The zero-order chi connectivity index (χ0) is 18.2. The molecule has 0 saturated carbocycles. The van der Waals surface area contributed by atoms with Crippen molar-refractivity contribution in [1.29, 1.82) is 0 Å². The summed E-state index contributed by atoms with van der Waals surface area (Å²) in [4.78, 5) is 12.2. The van der Waals surface area contributed by atoms with E-state index in [1.807, 2.05) is 6.92 Å². The maximum absolute atomic E-state index is 12.2. The van der Waals surface area contributed by atoms with Gasteiger partial charge in [-0.25, -0.2) is 0 Å². The average molecular weight is 338 g/mol. The molecule has 0 aliphatic rings. The second kappa shape index (κ2) is 8.73. The topological polar surface area (TPSA) is 55.8 Å². The molecule has 0 spiro atoms. The summed E-state index contributed by atoms with van der Waals surface area (Å²) in [5, 5.41) is 10.1. The second-order valence-corrected chi connectivity index (χ2v) is 5.70. The van der Waals surface area contributed by atoms with E-state index < -0.39 is 0 Å². The Morgan fingerprint density at radius 1 is 1.16 bits per heavy atom. The van der Waals surface area contributed by atoms with E-state index in [0.29, 0.717) is 29.2 Å². The summed E-state index contributed by atoms with van der Waals surface area (Å²) in [6.45, 7) is 6.27. The Balaban J connectivity index is 2.02. The molecule has 2 rings (SSSR count). The molecule has 0 unspecified atom stereocenters. The molecule has 0 radical (unpaired) electrons. The molecule has 0 aromatic heterocycles. The van der Waals surface area contributed by atoms with Crippen LogP contribution in [0.1, 0.15) is 29.3 Å². The first-order valence-electron chi connectivity index (χ1n) is 7.96. The van der Waals surface area contributed by atoms with Crippen LogP contribution in [0.4, 0.5) is 0 Å². The number of allylic oxidation sites excluding steroid dienone is 1. The predicted molar refractivity (Wildman–Crippen MR) is 99.4 cm³/mol. The Bertz CT molecular complexity index is 773. The van der Waals surface area contributed by atoms with Crippen LogP contribution in [0.2, 0.25) is 0 Å². The van der Waals surface area contributed by atoms with E-state index in [0.717, 1.165) is 12.0 Å². The molecule has 0 fully saturated rings. The molecule has 0 aliphatic heterocycles. The fourth-order valence-corrected chi connectivity index (χ4v) is 2.11. The quantitative estimate of drug-likeness (QED) is 0.433. The largest absolute Gasteiger partial charge is 0.507 e. The van der Waals surface area contributed by atoms with Crippen LogP contribution in [0.15, 0.2) is 60.7 Å². The third-order valence-corrected chi connectivity index (χ3v) is 3.59. The van der Waals surface area contributed by atoms with Crippen molar-refractivity contribution in [1.82, 2.24) is 0 Å². The van der Waals surface area contributed by atoms with E-state index in [2.05, 4.69) is 6.58 Å². The van der Waals surface area contributed by atoms with E-state index >= 15 is 0 Å². The molecule has 130 valence electrons. The molecule has 0 amide bonds. The van der Waals surface area contributed by atoms with Crippen molar-refractivity contribution in [3.8, 4) is 17.2 Å². The van der Waals surface area contributed by atoms with Crippen molar-refractivity contribution in [2.24, 2.45) is 0 Å². The predicted octanol–water partition coefficient (Wildman–Crippen LogP) is 4.64. The molecule has 2 aromatic carbocycles. The number of methoxy groups -OCH3 is 1. The maximum Gasteiger partial charge on any atom is 0.185 e. The van der Waals surface area contributed by atoms with Gasteiger partial charge in [-0.1, -0.05) is 5.57 Å². The molecule has 4 nitrogen and oxygen atoms in total. The fourth-order valence-electron chi connectivity index (χ4n) is 2.11. The number of rotatable bonds is 8. The Hall–Kier alpha value is -3.01. The molecule has 0 bridgehead atoms. The highest BCUT2D eigenvalue weighted by atomic mass is 16.5. The minimum absolute atomic E-state index is 0.0617. The molecule has 2 aromatic rings. The molecule has 1 N–H and O–H groups in total. The third-order valence-electron chi connectivity index (χ3n) is 3.59. The first kappa shape index (κ1) is 18.3. The summed E-state index contributed by atoms with van der Waals surface area (Å²) in [7, 11) is 1.57. The number of hydrogen-bond acceptors (Lipinski definition) is 4. The number of carbonyl (C=O) groups excluding carboxylic acids is 1. The summed E-state index contributed by atoms with van der Waals surface area (Å²) >= 11 is 0. The number of phenolic OH excluding ortho intramolecular Hbond substituents is 1. The maximum atomic E-state index is 12.2. The molecular weight excluding hydrogens is 316 g/mol. The summed E-state index contributed by atoms with van der Waals surface area (Å²) in [6.07, 6.45) is 3.77. The van der Waals surface area contributed by atoms with Crippen LogP contribution in [0, 0.1) is 0 Å². The first-order chi connectivity index (χ1) is 12.0. The standard InChI is InChI=1S/C21H22O4/c1-15(2)12-13-25-19-10-6-17(21(23)14-19)7-11-20(22)16-4-8-18(24-3)9-5-16/h4-11,14,23H,1,12-13H2,2-3H3/b11-7+. The van der Waals surface area contributed by atoms with Gasteiger partial charge in [0.15, 0.2) is 5.78 Å². The van der Waals surface area contributed by atoms with E-state index in [9.17, 15) is 9.90 Å². The lowest BCUT2D eigenvalue weighted by atomic mass is 10.1. The average Bonchev–Trinajstić information content (AvgIpc) is 2.60. The van der Waals surface area contributed by atoms with Crippen molar-refractivity contribution in [2.75, 3.05) is 13.7 Å². The molecule has 0 atom stereocenters. The lowest BCUT2D eigenvalue weighted by Gasteiger charge is -2.07. The zero-order valence-electron chi connectivity index (χ0n) is 14.5. The lowest BCUT2D eigenvalue weighted by molar-refractivity contribution is 0.104. The second-order valence-electron chi connectivity index (χ2n) is 5.70. The molecular formula is C21H22O4. The monoisotopic (exact) mass is 338 g/mol. The van der Waals surface area contributed by atoms with E-state index in [-0.39, 0.29) is 11.5 Å². The Labute approximate surface area is 148 Å². The van der Waals surface area contributed by atoms with Crippen molar-refractivity contribution < 1.29 is 19.4 Å². The van der Waals surface area contributed by atoms with Crippen LogP contribution in [-0.4, -0.2) is 24.6 Å².